The number of amides is 1. The maximum Gasteiger partial charge on any atom is 0.251 e. The van der Waals surface area contributed by atoms with Gasteiger partial charge in [0.2, 0.25) is 0 Å². The van der Waals surface area contributed by atoms with Crippen LogP contribution in [-0.4, -0.2) is 44.0 Å². The van der Waals surface area contributed by atoms with Crippen LogP contribution in [0.3, 0.4) is 0 Å². The Balaban J connectivity index is 1.38. The number of carbonyl (C=O) groups is 1. The van der Waals surface area contributed by atoms with Crippen LogP contribution in [0.5, 0.6) is 5.75 Å². The Kier molecular flexibility index (Phi) is 5.80. The van der Waals surface area contributed by atoms with Crippen molar-refractivity contribution in [1.29, 1.82) is 0 Å². The summed E-state index contributed by atoms with van der Waals surface area (Å²) < 4.78 is 7.13. The van der Waals surface area contributed by atoms with Crippen LogP contribution < -0.4 is 10.1 Å². The molecule has 0 radical (unpaired) electrons. The summed E-state index contributed by atoms with van der Waals surface area (Å²) in [6.07, 6.45) is 5.62. The number of benzene rings is 2. The summed E-state index contributed by atoms with van der Waals surface area (Å²) in [7, 11) is 1.62. The molecule has 2 aromatic heterocycles. The lowest BCUT2D eigenvalue weighted by molar-refractivity contribution is 0.0950. The molecule has 4 rings (SSSR count). The Morgan fingerprint density at radius 2 is 1.93 bits per heavy atom. The van der Waals surface area contributed by atoms with Gasteiger partial charge in [-0.3, -0.25) is 14.5 Å². The van der Waals surface area contributed by atoms with Crippen LogP contribution in [0.2, 0.25) is 0 Å². The number of aromatic amines is 1. The Hall–Kier alpha value is -3.59. The van der Waals surface area contributed by atoms with Crippen LogP contribution in [-0.2, 0) is 6.54 Å². The Morgan fingerprint density at radius 1 is 1.17 bits per heavy atom. The predicted octanol–water partition coefficient (Wildman–Crippen LogP) is 3.32. The van der Waals surface area contributed by atoms with Crippen molar-refractivity contribution in [2.75, 3.05) is 13.4 Å². The number of hydrogen-bond acceptors (Lipinski definition) is 6. The first-order chi connectivity index (χ1) is 14.7. The lowest BCUT2D eigenvalue weighted by Gasteiger charge is -2.07. The summed E-state index contributed by atoms with van der Waals surface area (Å²) in [5, 5.41) is 10.8. The van der Waals surface area contributed by atoms with Crippen LogP contribution in [0, 0.1) is 0 Å². The minimum absolute atomic E-state index is 0.181. The predicted molar refractivity (Wildman–Crippen MR) is 115 cm³/mol. The molecule has 0 unspecified atom stereocenters. The van der Waals surface area contributed by atoms with Crippen LogP contribution >= 0.6 is 11.8 Å². The average Bonchev–Trinajstić information content (AvgIpc) is 3.47. The number of imidazole rings is 1. The van der Waals surface area contributed by atoms with E-state index < -0.39 is 0 Å². The van der Waals surface area contributed by atoms with Gasteiger partial charge in [0.1, 0.15) is 11.6 Å². The van der Waals surface area contributed by atoms with Gasteiger partial charge in [0.05, 0.1) is 13.7 Å². The topological polar surface area (TPSA) is 97.7 Å². The van der Waals surface area contributed by atoms with Crippen molar-refractivity contribution < 1.29 is 9.53 Å². The van der Waals surface area contributed by atoms with Gasteiger partial charge in [0.25, 0.3) is 5.91 Å². The van der Waals surface area contributed by atoms with Gasteiger partial charge in [-0.1, -0.05) is 11.8 Å². The highest BCUT2D eigenvalue weighted by molar-refractivity contribution is 7.98. The first-order valence-corrected chi connectivity index (χ1v) is 10.4. The molecule has 0 fully saturated rings. The first-order valence-electron chi connectivity index (χ1n) is 9.19. The van der Waals surface area contributed by atoms with Crippen molar-refractivity contribution in [2.24, 2.45) is 0 Å². The van der Waals surface area contributed by atoms with Crippen LogP contribution in [0.15, 0.2) is 66.1 Å². The van der Waals surface area contributed by atoms with Crippen molar-refractivity contribution in [1.82, 2.24) is 30.0 Å². The second kappa shape index (κ2) is 8.83. The minimum atomic E-state index is -0.181. The second-order valence-electron chi connectivity index (χ2n) is 6.35. The number of aromatic nitrogens is 5. The number of hydrogen-bond donors (Lipinski definition) is 2. The SMILES string of the molecule is COc1ccc(-c2n[nH]c(CNC(=O)c3ccc(-n4ccnc4SC)cc3)n2)cc1. The lowest BCUT2D eigenvalue weighted by atomic mass is 10.2. The molecule has 0 bridgehead atoms. The van der Waals surface area contributed by atoms with Crippen molar-refractivity contribution in [2.45, 2.75) is 11.7 Å². The molecule has 8 nitrogen and oxygen atoms in total. The van der Waals surface area contributed by atoms with E-state index in [2.05, 4.69) is 25.5 Å². The van der Waals surface area contributed by atoms with Gasteiger partial charge in [-0.15, -0.1) is 0 Å². The molecular formula is C21H20N6O2S. The van der Waals surface area contributed by atoms with Gasteiger partial charge in [0.15, 0.2) is 11.0 Å². The van der Waals surface area contributed by atoms with Gasteiger partial charge in [0, 0.05) is 29.2 Å². The molecule has 152 valence electrons. The highest BCUT2D eigenvalue weighted by atomic mass is 32.2. The Morgan fingerprint density at radius 3 is 2.63 bits per heavy atom. The van der Waals surface area contributed by atoms with Gasteiger partial charge < -0.3 is 10.1 Å². The van der Waals surface area contributed by atoms with E-state index in [-0.39, 0.29) is 12.5 Å². The number of carbonyl (C=O) groups excluding carboxylic acids is 1. The molecule has 1 amide bonds. The standard InChI is InChI=1S/C21H20N6O2S/c1-29-17-9-5-14(6-10-17)19-24-18(25-26-19)13-23-20(28)15-3-7-16(8-4-15)27-12-11-22-21(27)30-2/h3-12H,13H2,1-2H3,(H,23,28)(H,24,25,26). The van der Waals surface area contributed by atoms with E-state index in [1.807, 2.05) is 53.4 Å². The maximum absolute atomic E-state index is 12.5. The van der Waals surface area contributed by atoms with E-state index in [1.165, 1.54) is 0 Å². The number of methoxy groups -OCH3 is 1. The number of ether oxygens (including phenoxy) is 1. The monoisotopic (exact) mass is 420 g/mol. The first kappa shape index (κ1) is 19.7. The van der Waals surface area contributed by atoms with Crippen molar-refractivity contribution in [3.05, 3.63) is 72.3 Å². The molecule has 0 aliphatic heterocycles. The lowest BCUT2D eigenvalue weighted by Crippen LogP contribution is -2.23. The molecule has 0 saturated carbocycles. The summed E-state index contributed by atoms with van der Waals surface area (Å²) in [4.78, 5) is 21.2. The molecule has 4 aromatic rings. The summed E-state index contributed by atoms with van der Waals surface area (Å²) in [6.45, 7) is 0.252. The van der Waals surface area contributed by atoms with Crippen molar-refractivity contribution >= 4 is 17.7 Å². The molecule has 0 spiro atoms. The number of rotatable bonds is 7. The average molecular weight is 420 g/mol. The van der Waals surface area contributed by atoms with Crippen LogP contribution in [0.1, 0.15) is 16.2 Å². The van der Waals surface area contributed by atoms with Crippen molar-refractivity contribution in [3.8, 4) is 22.8 Å². The van der Waals surface area contributed by atoms with Gasteiger partial charge in [-0.05, 0) is 54.8 Å². The molecule has 0 atom stereocenters. The van der Waals surface area contributed by atoms with Gasteiger partial charge in [-0.25, -0.2) is 9.97 Å². The van der Waals surface area contributed by atoms with E-state index in [0.717, 1.165) is 22.2 Å². The van der Waals surface area contributed by atoms with E-state index in [9.17, 15) is 4.79 Å². The quantitative estimate of drug-likeness (QED) is 0.445. The van der Waals surface area contributed by atoms with E-state index >= 15 is 0 Å². The van der Waals surface area contributed by atoms with E-state index in [4.69, 9.17) is 4.74 Å². The zero-order chi connectivity index (χ0) is 20.9. The fourth-order valence-electron chi connectivity index (χ4n) is 2.92. The third-order valence-electron chi connectivity index (χ3n) is 4.49. The molecule has 0 saturated heterocycles. The molecule has 0 aliphatic rings. The molecule has 30 heavy (non-hydrogen) atoms. The normalized spacial score (nSPS) is 10.7. The zero-order valence-corrected chi connectivity index (χ0v) is 17.3. The third kappa shape index (κ3) is 4.20. The zero-order valence-electron chi connectivity index (χ0n) is 16.5. The molecule has 2 heterocycles. The van der Waals surface area contributed by atoms with Crippen molar-refractivity contribution in [3.63, 3.8) is 0 Å². The maximum atomic E-state index is 12.5. The third-order valence-corrected chi connectivity index (χ3v) is 5.16. The number of thioether (sulfide) groups is 1. The second-order valence-corrected chi connectivity index (χ2v) is 7.12. The van der Waals surface area contributed by atoms with E-state index in [0.29, 0.717) is 17.2 Å². The van der Waals surface area contributed by atoms with Gasteiger partial charge >= 0.3 is 0 Å². The summed E-state index contributed by atoms with van der Waals surface area (Å²) >= 11 is 1.57. The number of nitrogens with zero attached hydrogens (tertiary/aromatic N) is 4. The Labute approximate surface area is 177 Å². The fourth-order valence-corrected chi connectivity index (χ4v) is 3.45. The molecule has 0 aliphatic carbocycles. The smallest absolute Gasteiger partial charge is 0.251 e. The van der Waals surface area contributed by atoms with Gasteiger partial charge in [-0.2, -0.15) is 5.10 Å². The highest BCUT2D eigenvalue weighted by Crippen LogP contribution is 2.20. The Bertz CT molecular complexity index is 1140. The fraction of sp³-hybridized carbons (Fsp3) is 0.143. The summed E-state index contributed by atoms with van der Waals surface area (Å²) in [5.74, 6) is 1.73. The molecule has 9 heteroatoms. The largest absolute Gasteiger partial charge is 0.497 e. The van der Waals surface area contributed by atoms with Crippen LogP contribution in [0.25, 0.3) is 17.1 Å². The number of nitrogens with one attached hydrogen (secondary N) is 2. The minimum Gasteiger partial charge on any atom is -0.497 e. The summed E-state index contributed by atoms with van der Waals surface area (Å²) in [5.41, 5.74) is 2.39. The molecule has 2 N–H and O–H groups in total. The highest BCUT2D eigenvalue weighted by Gasteiger charge is 2.10. The molecular weight excluding hydrogens is 400 g/mol. The molecule has 2 aromatic carbocycles. The number of H-pyrrole nitrogens is 1. The van der Waals surface area contributed by atoms with Crippen LogP contribution in [0.4, 0.5) is 0 Å². The van der Waals surface area contributed by atoms with E-state index in [1.54, 1.807) is 37.2 Å². The summed E-state index contributed by atoms with van der Waals surface area (Å²) in [6, 6.07) is 14.8.